The fourth-order valence-corrected chi connectivity index (χ4v) is 1.71. The summed E-state index contributed by atoms with van der Waals surface area (Å²) in [4.78, 5) is 4.01. The number of benzene rings is 1. The standard InChI is InChI=1S/C14H15FN2O2/c1-4-11-13(18)14(17(3)8-16-11)19-12-6-5-9(2)7-10(12)15/h5-8H,4H2,1-3H3. The van der Waals surface area contributed by atoms with Crippen LogP contribution in [0.3, 0.4) is 0 Å². The van der Waals surface area contributed by atoms with Crippen molar-refractivity contribution in [3.8, 4) is 17.4 Å². The SMILES string of the molecule is CCc1nc[n+](C)c(Oc2ccc(C)cc2F)c1[O-]. The van der Waals surface area contributed by atoms with Crippen LogP contribution < -0.4 is 14.4 Å². The summed E-state index contributed by atoms with van der Waals surface area (Å²) in [7, 11) is 1.63. The number of halogens is 1. The van der Waals surface area contributed by atoms with E-state index >= 15 is 0 Å². The van der Waals surface area contributed by atoms with E-state index in [2.05, 4.69) is 4.98 Å². The summed E-state index contributed by atoms with van der Waals surface area (Å²) in [6.45, 7) is 3.62. The molecule has 0 unspecified atom stereocenters. The highest BCUT2D eigenvalue weighted by Gasteiger charge is 2.15. The maximum atomic E-state index is 13.7. The van der Waals surface area contributed by atoms with Gasteiger partial charge in [0, 0.05) is 12.2 Å². The number of nitrogens with zero attached hydrogens (tertiary/aromatic N) is 2. The van der Waals surface area contributed by atoms with Crippen LogP contribution in [0.4, 0.5) is 4.39 Å². The number of hydrogen-bond donors (Lipinski definition) is 0. The fraction of sp³-hybridized carbons (Fsp3) is 0.286. The highest BCUT2D eigenvalue weighted by atomic mass is 19.1. The summed E-state index contributed by atoms with van der Waals surface area (Å²) >= 11 is 0. The van der Waals surface area contributed by atoms with E-state index in [0.29, 0.717) is 12.1 Å². The van der Waals surface area contributed by atoms with Gasteiger partial charge in [0.25, 0.3) is 12.2 Å². The average Bonchev–Trinajstić information content (AvgIpc) is 2.37. The molecule has 0 N–H and O–H groups in total. The minimum Gasteiger partial charge on any atom is -0.865 e. The van der Waals surface area contributed by atoms with Crippen LogP contribution in [0, 0.1) is 12.7 Å². The molecular formula is C14H15FN2O2. The molecule has 5 heteroatoms. The van der Waals surface area contributed by atoms with Gasteiger partial charge in [-0.15, -0.1) is 0 Å². The molecule has 0 aliphatic heterocycles. The first-order valence-corrected chi connectivity index (χ1v) is 6.01. The summed E-state index contributed by atoms with van der Waals surface area (Å²) in [6, 6.07) is 4.60. The van der Waals surface area contributed by atoms with E-state index in [1.807, 2.05) is 6.92 Å². The Hall–Kier alpha value is -2.17. The molecule has 2 aromatic rings. The first kappa shape index (κ1) is 13.3. The first-order chi connectivity index (χ1) is 9.02. The molecule has 0 aliphatic rings. The molecule has 0 amide bonds. The first-order valence-electron chi connectivity index (χ1n) is 6.01. The van der Waals surface area contributed by atoms with Crippen molar-refractivity contribution in [2.45, 2.75) is 20.3 Å². The molecule has 0 fully saturated rings. The number of ether oxygens (including phenoxy) is 1. The van der Waals surface area contributed by atoms with Crippen LogP contribution in [0.2, 0.25) is 0 Å². The lowest BCUT2D eigenvalue weighted by Crippen LogP contribution is -2.32. The van der Waals surface area contributed by atoms with Gasteiger partial charge in [0.2, 0.25) is 0 Å². The van der Waals surface area contributed by atoms with E-state index < -0.39 is 5.82 Å². The summed E-state index contributed by atoms with van der Waals surface area (Å²) in [6.07, 6.45) is 1.99. The zero-order chi connectivity index (χ0) is 14.0. The van der Waals surface area contributed by atoms with Crippen LogP contribution in [-0.2, 0) is 13.5 Å². The Morgan fingerprint density at radius 2 is 2.16 bits per heavy atom. The van der Waals surface area contributed by atoms with Gasteiger partial charge in [-0.1, -0.05) is 18.0 Å². The van der Waals surface area contributed by atoms with Crippen molar-refractivity contribution >= 4 is 0 Å². The smallest absolute Gasteiger partial charge is 0.289 e. The molecule has 100 valence electrons. The maximum absolute atomic E-state index is 13.7. The monoisotopic (exact) mass is 262 g/mol. The third-order valence-electron chi connectivity index (χ3n) is 2.79. The second kappa shape index (κ2) is 5.22. The van der Waals surface area contributed by atoms with Crippen molar-refractivity contribution in [1.29, 1.82) is 0 Å². The van der Waals surface area contributed by atoms with E-state index in [0.717, 1.165) is 5.56 Å². The highest BCUT2D eigenvalue weighted by Crippen LogP contribution is 2.28. The predicted octanol–water partition coefficient (Wildman–Crippen LogP) is 1.78. The van der Waals surface area contributed by atoms with Crippen molar-refractivity contribution in [3.63, 3.8) is 0 Å². The summed E-state index contributed by atoms with van der Waals surface area (Å²) < 4.78 is 20.6. The lowest BCUT2D eigenvalue weighted by molar-refractivity contribution is -0.681. The Balaban J connectivity index is 2.43. The minimum absolute atomic E-state index is 0.0338. The Labute approximate surface area is 111 Å². The molecule has 0 saturated heterocycles. The van der Waals surface area contributed by atoms with Crippen LogP contribution in [0.25, 0.3) is 0 Å². The fourth-order valence-electron chi connectivity index (χ4n) is 1.71. The second-order valence-corrected chi connectivity index (χ2v) is 4.33. The number of hydrogen-bond acceptors (Lipinski definition) is 3. The van der Waals surface area contributed by atoms with E-state index in [9.17, 15) is 9.50 Å². The summed E-state index contributed by atoms with van der Waals surface area (Å²) in [5.74, 6) is -0.706. The van der Waals surface area contributed by atoms with Gasteiger partial charge in [0.05, 0.1) is 7.05 Å². The molecule has 1 heterocycles. The van der Waals surface area contributed by atoms with Crippen molar-refractivity contribution < 1.29 is 18.8 Å². The lowest BCUT2D eigenvalue weighted by atomic mass is 10.2. The molecule has 2 rings (SSSR count). The van der Waals surface area contributed by atoms with Crippen LogP contribution in [0.5, 0.6) is 17.4 Å². The molecule has 0 bridgehead atoms. The van der Waals surface area contributed by atoms with Gasteiger partial charge in [0.1, 0.15) is 0 Å². The molecule has 1 aromatic heterocycles. The van der Waals surface area contributed by atoms with E-state index in [4.69, 9.17) is 4.74 Å². The molecule has 19 heavy (non-hydrogen) atoms. The average molecular weight is 262 g/mol. The van der Waals surface area contributed by atoms with Crippen molar-refractivity contribution in [2.24, 2.45) is 7.05 Å². The number of rotatable bonds is 3. The normalized spacial score (nSPS) is 10.5. The third kappa shape index (κ3) is 2.65. The third-order valence-corrected chi connectivity index (χ3v) is 2.79. The molecule has 0 spiro atoms. The van der Waals surface area contributed by atoms with Gasteiger partial charge >= 0.3 is 0 Å². The molecule has 0 radical (unpaired) electrons. The lowest BCUT2D eigenvalue weighted by Gasteiger charge is -2.14. The Bertz CT molecular complexity index is 615. The Kier molecular flexibility index (Phi) is 3.64. The highest BCUT2D eigenvalue weighted by molar-refractivity contribution is 5.36. The van der Waals surface area contributed by atoms with Crippen LogP contribution in [0.1, 0.15) is 18.2 Å². The molecule has 4 nitrogen and oxygen atoms in total. The predicted molar refractivity (Wildman–Crippen MR) is 65.4 cm³/mol. The van der Waals surface area contributed by atoms with E-state index in [-0.39, 0.29) is 17.4 Å². The quantitative estimate of drug-likeness (QED) is 0.792. The topological polar surface area (TPSA) is 49.1 Å². The zero-order valence-electron chi connectivity index (χ0n) is 11.1. The van der Waals surface area contributed by atoms with E-state index in [1.54, 1.807) is 20.0 Å². The minimum atomic E-state index is -0.491. The van der Waals surface area contributed by atoms with Gasteiger partial charge in [-0.3, -0.25) is 0 Å². The summed E-state index contributed by atoms with van der Waals surface area (Å²) in [5, 5.41) is 12.1. The molecule has 0 aliphatic carbocycles. The number of aryl methyl sites for hydroxylation is 3. The van der Waals surface area contributed by atoms with Crippen LogP contribution in [0.15, 0.2) is 24.5 Å². The van der Waals surface area contributed by atoms with Crippen molar-refractivity contribution in [1.82, 2.24) is 4.98 Å². The molecule has 1 aromatic carbocycles. The summed E-state index contributed by atoms with van der Waals surface area (Å²) in [5.41, 5.74) is 1.20. The van der Waals surface area contributed by atoms with E-state index in [1.165, 1.54) is 23.0 Å². The van der Waals surface area contributed by atoms with Crippen molar-refractivity contribution in [2.75, 3.05) is 0 Å². The number of aromatic nitrogens is 2. The van der Waals surface area contributed by atoms with Gasteiger partial charge in [0.15, 0.2) is 17.3 Å². The Morgan fingerprint density at radius 1 is 1.42 bits per heavy atom. The molecule has 0 saturated carbocycles. The largest absolute Gasteiger partial charge is 0.865 e. The Morgan fingerprint density at radius 3 is 2.79 bits per heavy atom. The van der Waals surface area contributed by atoms with Gasteiger partial charge in [-0.2, -0.15) is 0 Å². The van der Waals surface area contributed by atoms with Gasteiger partial charge in [-0.05, 0) is 24.6 Å². The zero-order valence-corrected chi connectivity index (χ0v) is 11.1. The van der Waals surface area contributed by atoms with Crippen LogP contribution >= 0.6 is 0 Å². The second-order valence-electron chi connectivity index (χ2n) is 4.33. The van der Waals surface area contributed by atoms with Crippen molar-refractivity contribution in [3.05, 3.63) is 41.6 Å². The van der Waals surface area contributed by atoms with Gasteiger partial charge < -0.3 is 9.84 Å². The van der Waals surface area contributed by atoms with Crippen LogP contribution in [-0.4, -0.2) is 4.98 Å². The van der Waals surface area contributed by atoms with Gasteiger partial charge in [-0.25, -0.2) is 8.96 Å². The molecule has 0 atom stereocenters. The maximum Gasteiger partial charge on any atom is 0.289 e. The molecular weight excluding hydrogens is 247 g/mol.